The van der Waals surface area contributed by atoms with Gasteiger partial charge in [-0.05, 0) is 37.5 Å². The van der Waals surface area contributed by atoms with Crippen molar-refractivity contribution in [1.82, 2.24) is 0 Å². The molecule has 0 fully saturated rings. The van der Waals surface area contributed by atoms with Crippen LogP contribution >= 0.6 is 0 Å². The van der Waals surface area contributed by atoms with E-state index in [0.29, 0.717) is 24.8 Å². The van der Waals surface area contributed by atoms with E-state index in [1.165, 1.54) is 0 Å². The van der Waals surface area contributed by atoms with E-state index in [2.05, 4.69) is 19.0 Å². The zero-order chi connectivity index (χ0) is 14.3. The SMILES string of the molecule is C/C(=N\O)c1ccc(C)cc1OCCOCC(C)C. The van der Waals surface area contributed by atoms with Gasteiger partial charge in [-0.25, -0.2) is 0 Å². The standard InChI is InChI=1S/C15H23NO3/c1-11(2)10-18-7-8-19-15-9-12(3)5-6-14(15)13(4)16-17/h5-6,9,11,17H,7-8,10H2,1-4H3/b16-13+. The van der Waals surface area contributed by atoms with Crippen LogP contribution in [-0.4, -0.2) is 30.7 Å². The van der Waals surface area contributed by atoms with Crippen molar-refractivity contribution in [1.29, 1.82) is 0 Å². The van der Waals surface area contributed by atoms with E-state index < -0.39 is 0 Å². The van der Waals surface area contributed by atoms with E-state index >= 15 is 0 Å². The van der Waals surface area contributed by atoms with Crippen LogP contribution < -0.4 is 4.74 Å². The van der Waals surface area contributed by atoms with Gasteiger partial charge in [0.1, 0.15) is 12.4 Å². The van der Waals surface area contributed by atoms with Crippen molar-refractivity contribution in [3.05, 3.63) is 29.3 Å². The molecule has 0 saturated carbocycles. The quantitative estimate of drug-likeness (QED) is 0.356. The van der Waals surface area contributed by atoms with Gasteiger partial charge in [0.2, 0.25) is 0 Å². The van der Waals surface area contributed by atoms with Crippen molar-refractivity contribution in [3.63, 3.8) is 0 Å². The Hall–Kier alpha value is -1.55. The van der Waals surface area contributed by atoms with Crippen LogP contribution in [0.3, 0.4) is 0 Å². The van der Waals surface area contributed by atoms with Gasteiger partial charge in [0.25, 0.3) is 0 Å². The summed E-state index contributed by atoms with van der Waals surface area (Å²) in [5.74, 6) is 1.25. The molecule has 1 aromatic rings. The van der Waals surface area contributed by atoms with E-state index in [9.17, 15) is 0 Å². The summed E-state index contributed by atoms with van der Waals surface area (Å²) in [6, 6.07) is 5.80. The molecular weight excluding hydrogens is 242 g/mol. The third-order valence-corrected chi connectivity index (χ3v) is 2.61. The third kappa shape index (κ3) is 5.30. The summed E-state index contributed by atoms with van der Waals surface area (Å²) < 4.78 is 11.2. The van der Waals surface area contributed by atoms with E-state index in [-0.39, 0.29) is 0 Å². The summed E-state index contributed by atoms with van der Waals surface area (Å²) >= 11 is 0. The Labute approximate surface area is 115 Å². The van der Waals surface area contributed by atoms with Crippen LogP contribution in [0.1, 0.15) is 31.9 Å². The maximum absolute atomic E-state index is 8.86. The fourth-order valence-corrected chi connectivity index (χ4v) is 1.63. The maximum Gasteiger partial charge on any atom is 0.128 e. The average Bonchev–Trinajstić information content (AvgIpc) is 2.37. The highest BCUT2D eigenvalue weighted by molar-refractivity contribution is 6.00. The van der Waals surface area contributed by atoms with Crippen molar-refractivity contribution >= 4 is 5.71 Å². The first-order chi connectivity index (χ1) is 9.04. The zero-order valence-corrected chi connectivity index (χ0v) is 12.1. The lowest BCUT2D eigenvalue weighted by molar-refractivity contribution is 0.0818. The Morgan fingerprint density at radius 1 is 1.32 bits per heavy atom. The third-order valence-electron chi connectivity index (χ3n) is 2.61. The van der Waals surface area contributed by atoms with Crippen molar-refractivity contribution < 1.29 is 14.7 Å². The number of oxime groups is 1. The van der Waals surface area contributed by atoms with Crippen molar-refractivity contribution in [2.45, 2.75) is 27.7 Å². The van der Waals surface area contributed by atoms with Gasteiger partial charge >= 0.3 is 0 Å². The lowest BCUT2D eigenvalue weighted by atomic mass is 10.1. The summed E-state index contributed by atoms with van der Waals surface area (Å²) in [4.78, 5) is 0. The lowest BCUT2D eigenvalue weighted by Crippen LogP contribution is -2.11. The van der Waals surface area contributed by atoms with Gasteiger partial charge in [0.05, 0.1) is 12.3 Å². The van der Waals surface area contributed by atoms with Crippen LogP contribution in [0.25, 0.3) is 0 Å². The van der Waals surface area contributed by atoms with Gasteiger partial charge in [-0.3, -0.25) is 0 Å². The fourth-order valence-electron chi connectivity index (χ4n) is 1.63. The Morgan fingerprint density at radius 3 is 2.68 bits per heavy atom. The Kier molecular flexibility index (Phi) is 6.36. The molecule has 19 heavy (non-hydrogen) atoms. The smallest absolute Gasteiger partial charge is 0.128 e. The highest BCUT2D eigenvalue weighted by atomic mass is 16.5. The Balaban J connectivity index is 2.59. The highest BCUT2D eigenvalue weighted by Gasteiger charge is 2.07. The monoisotopic (exact) mass is 265 g/mol. The first-order valence-corrected chi connectivity index (χ1v) is 6.54. The molecule has 1 N–H and O–H groups in total. The molecule has 0 bridgehead atoms. The number of hydrogen-bond acceptors (Lipinski definition) is 4. The van der Waals surface area contributed by atoms with Crippen LogP contribution in [-0.2, 0) is 4.74 Å². The molecule has 0 radical (unpaired) electrons. The number of rotatable bonds is 7. The van der Waals surface area contributed by atoms with Crippen LogP contribution in [0.2, 0.25) is 0 Å². The topological polar surface area (TPSA) is 51.1 Å². The number of aryl methyl sites for hydroxylation is 1. The van der Waals surface area contributed by atoms with Gasteiger partial charge in [-0.15, -0.1) is 0 Å². The first kappa shape index (κ1) is 15.5. The number of ether oxygens (including phenoxy) is 2. The minimum absolute atomic E-state index is 0.488. The summed E-state index contributed by atoms with van der Waals surface area (Å²) in [6.07, 6.45) is 0. The Bertz CT molecular complexity index is 427. The summed E-state index contributed by atoms with van der Waals surface area (Å²) in [6.45, 7) is 9.75. The fraction of sp³-hybridized carbons (Fsp3) is 0.533. The minimum Gasteiger partial charge on any atom is -0.490 e. The number of hydrogen-bond donors (Lipinski definition) is 1. The first-order valence-electron chi connectivity index (χ1n) is 6.54. The van der Waals surface area contributed by atoms with Crippen molar-refractivity contribution in [2.75, 3.05) is 19.8 Å². The van der Waals surface area contributed by atoms with Gasteiger partial charge in [0.15, 0.2) is 0 Å². The molecule has 0 aliphatic carbocycles. The second-order valence-corrected chi connectivity index (χ2v) is 5.00. The molecule has 0 saturated heterocycles. The molecule has 4 nitrogen and oxygen atoms in total. The zero-order valence-electron chi connectivity index (χ0n) is 12.1. The molecule has 106 valence electrons. The maximum atomic E-state index is 8.86. The molecule has 0 aliphatic heterocycles. The number of benzene rings is 1. The molecule has 0 atom stereocenters. The van der Waals surface area contributed by atoms with Crippen molar-refractivity contribution in [3.8, 4) is 5.75 Å². The minimum atomic E-state index is 0.488. The molecule has 0 heterocycles. The normalized spacial score (nSPS) is 11.9. The molecule has 0 spiro atoms. The van der Waals surface area contributed by atoms with E-state index in [1.54, 1.807) is 6.92 Å². The summed E-state index contributed by atoms with van der Waals surface area (Å²) in [5, 5.41) is 12.1. The second kappa shape index (κ2) is 7.79. The average molecular weight is 265 g/mol. The molecule has 0 amide bonds. The van der Waals surface area contributed by atoms with Crippen molar-refractivity contribution in [2.24, 2.45) is 11.1 Å². The molecule has 0 unspecified atom stereocenters. The van der Waals surface area contributed by atoms with E-state index in [4.69, 9.17) is 14.7 Å². The van der Waals surface area contributed by atoms with Crippen LogP contribution in [0, 0.1) is 12.8 Å². The predicted molar refractivity (Wildman–Crippen MR) is 76.3 cm³/mol. The molecule has 4 heteroatoms. The van der Waals surface area contributed by atoms with Gasteiger partial charge < -0.3 is 14.7 Å². The summed E-state index contributed by atoms with van der Waals surface area (Å²) in [5.41, 5.74) is 2.45. The van der Waals surface area contributed by atoms with Gasteiger partial charge in [-0.1, -0.05) is 25.1 Å². The molecule has 1 aromatic carbocycles. The van der Waals surface area contributed by atoms with Crippen LogP contribution in [0.15, 0.2) is 23.4 Å². The molecule has 1 rings (SSSR count). The van der Waals surface area contributed by atoms with Gasteiger partial charge in [0, 0.05) is 12.2 Å². The second-order valence-electron chi connectivity index (χ2n) is 5.00. The predicted octanol–water partition coefficient (Wildman–Crippen LogP) is 3.24. The molecule has 0 aliphatic rings. The van der Waals surface area contributed by atoms with Crippen LogP contribution in [0.5, 0.6) is 5.75 Å². The summed E-state index contributed by atoms with van der Waals surface area (Å²) in [7, 11) is 0. The Morgan fingerprint density at radius 2 is 2.05 bits per heavy atom. The largest absolute Gasteiger partial charge is 0.490 e. The van der Waals surface area contributed by atoms with Gasteiger partial charge in [-0.2, -0.15) is 0 Å². The van der Waals surface area contributed by atoms with E-state index in [0.717, 1.165) is 23.5 Å². The molecule has 0 aromatic heterocycles. The number of nitrogens with zero attached hydrogens (tertiary/aromatic N) is 1. The highest BCUT2D eigenvalue weighted by Crippen LogP contribution is 2.21. The lowest BCUT2D eigenvalue weighted by Gasteiger charge is -2.12. The van der Waals surface area contributed by atoms with Crippen LogP contribution in [0.4, 0.5) is 0 Å². The van der Waals surface area contributed by atoms with E-state index in [1.807, 2.05) is 25.1 Å². The molecular formula is C15H23NO3.